The Morgan fingerprint density at radius 1 is 0.607 bits per heavy atom. The molecule has 28 heavy (non-hydrogen) atoms. The number of benzene rings is 3. The van der Waals surface area contributed by atoms with Gasteiger partial charge in [0.15, 0.2) is 0 Å². The Morgan fingerprint density at radius 2 is 1.14 bits per heavy atom. The predicted octanol–water partition coefficient (Wildman–Crippen LogP) is 5.21. The Labute approximate surface area is 162 Å². The molecule has 3 aromatic carbocycles. The van der Waals surface area contributed by atoms with Gasteiger partial charge in [0, 0.05) is 11.3 Å². The number of nitrogens with zero attached hydrogens (tertiary/aromatic N) is 1. The van der Waals surface area contributed by atoms with Gasteiger partial charge in [0.1, 0.15) is 5.69 Å². The predicted molar refractivity (Wildman–Crippen MR) is 110 cm³/mol. The van der Waals surface area contributed by atoms with Crippen LogP contribution in [-0.2, 0) is 4.79 Å². The van der Waals surface area contributed by atoms with Crippen LogP contribution in [0.5, 0.6) is 0 Å². The summed E-state index contributed by atoms with van der Waals surface area (Å²) in [4.78, 5) is 30.4. The molecule has 0 aliphatic carbocycles. The molecule has 4 heteroatoms. The molecular formula is C24H16N2O2. The smallest absolute Gasteiger partial charge is 0.305 e. The number of aromatic nitrogens is 1. The Balaban J connectivity index is 1.83. The van der Waals surface area contributed by atoms with Gasteiger partial charge in [-0.05, 0) is 23.3 Å². The lowest BCUT2D eigenvalue weighted by Gasteiger charge is -2.18. The lowest BCUT2D eigenvalue weighted by atomic mass is 9.99. The van der Waals surface area contributed by atoms with Crippen LogP contribution in [0.2, 0.25) is 0 Å². The van der Waals surface area contributed by atoms with Crippen LogP contribution in [0, 0.1) is 0 Å². The molecule has 0 radical (unpaired) electrons. The van der Waals surface area contributed by atoms with Crippen molar-refractivity contribution in [3.8, 4) is 22.4 Å². The molecule has 1 N–H and O–H groups in total. The normalized spacial score (nSPS) is 13.1. The molecule has 0 fully saturated rings. The number of H-pyrrole nitrogens is 1. The van der Waals surface area contributed by atoms with E-state index < -0.39 is 11.7 Å². The van der Waals surface area contributed by atoms with Gasteiger partial charge in [0.2, 0.25) is 0 Å². The van der Waals surface area contributed by atoms with Crippen LogP contribution in [0.1, 0.15) is 10.5 Å². The zero-order chi connectivity index (χ0) is 19.1. The summed E-state index contributed by atoms with van der Waals surface area (Å²) in [6.07, 6.45) is 0. The number of carbonyl (C=O) groups is 2. The summed E-state index contributed by atoms with van der Waals surface area (Å²) in [6.45, 7) is 0. The third-order valence-electron chi connectivity index (χ3n) is 4.96. The van der Waals surface area contributed by atoms with Crippen LogP contribution >= 0.6 is 0 Å². The van der Waals surface area contributed by atoms with Crippen molar-refractivity contribution in [1.82, 2.24) is 4.98 Å². The molecule has 1 amide bonds. The highest BCUT2D eigenvalue weighted by Gasteiger charge is 2.42. The summed E-state index contributed by atoms with van der Waals surface area (Å²) >= 11 is 0. The van der Waals surface area contributed by atoms with E-state index in [1.807, 2.05) is 91.0 Å². The summed E-state index contributed by atoms with van der Waals surface area (Å²) in [5.41, 5.74) is 5.22. The number of hydrogen-bond acceptors (Lipinski definition) is 2. The average Bonchev–Trinajstić information content (AvgIpc) is 3.25. The minimum absolute atomic E-state index is 0.339. The number of fused-ring (bicyclic) bond motifs is 1. The first-order valence-corrected chi connectivity index (χ1v) is 9.06. The van der Waals surface area contributed by atoms with Crippen molar-refractivity contribution < 1.29 is 9.59 Å². The molecule has 2 heterocycles. The largest absolute Gasteiger partial charge is 0.349 e. The van der Waals surface area contributed by atoms with Crippen LogP contribution in [0.25, 0.3) is 22.4 Å². The van der Waals surface area contributed by atoms with Gasteiger partial charge < -0.3 is 4.98 Å². The number of rotatable bonds is 3. The third kappa shape index (κ3) is 2.39. The SMILES string of the molecule is O=C1C(=O)N(c2ccccc2)c2c1[nH]c(-c1ccccc1)c2-c1ccccc1. The van der Waals surface area contributed by atoms with E-state index >= 15 is 0 Å². The molecule has 4 aromatic rings. The number of amides is 1. The van der Waals surface area contributed by atoms with Crippen LogP contribution in [-0.4, -0.2) is 16.7 Å². The first-order valence-electron chi connectivity index (χ1n) is 9.06. The van der Waals surface area contributed by atoms with E-state index in [-0.39, 0.29) is 0 Å². The number of carbonyl (C=O) groups excluding carboxylic acids is 2. The number of para-hydroxylation sites is 1. The van der Waals surface area contributed by atoms with E-state index in [4.69, 9.17) is 0 Å². The summed E-state index contributed by atoms with van der Waals surface area (Å²) in [7, 11) is 0. The fourth-order valence-corrected chi connectivity index (χ4v) is 3.72. The molecule has 0 saturated heterocycles. The van der Waals surface area contributed by atoms with Crippen LogP contribution in [0.4, 0.5) is 11.4 Å². The molecule has 0 atom stereocenters. The fraction of sp³-hybridized carbons (Fsp3) is 0. The molecule has 4 nitrogen and oxygen atoms in total. The minimum atomic E-state index is -0.538. The molecule has 1 aliphatic heterocycles. The summed E-state index contributed by atoms with van der Waals surface area (Å²) in [5.74, 6) is -1.05. The maximum atomic E-state index is 12.8. The van der Waals surface area contributed by atoms with Gasteiger partial charge in [-0.1, -0.05) is 78.9 Å². The summed E-state index contributed by atoms with van der Waals surface area (Å²) < 4.78 is 0. The van der Waals surface area contributed by atoms with E-state index in [9.17, 15) is 9.59 Å². The van der Waals surface area contributed by atoms with Gasteiger partial charge in [0.25, 0.3) is 5.78 Å². The third-order valence-corrected chi connectivity index (χ3v) is 4.96. The van der Waals surface area contributed by atoms with Crippen LogP contribution < -0.4 is 4.90 Å². The quantitative estimate of drug-likeness (QED) is 0.507. The average molecular weight is 364 g/mol. The Bertz CT molecular complexity index is 1180. The minimum Gasteiger partial charge on any atom is -0.349 e. The van der Waals surface area contributed by atoms with Crippen molar-refractivity contribution in [3.05, 3.63) is 96.7 Å². The standard InChI is InChI=1S/C24H16N2O2/c27-23-21-22(26(24(23)28)18-14-8-3-9-15-18)19(16-10-4-1-5-11-16)20(25-21)17-12-6-2-7-13-17/h1-15,25H. The van der Waals surface area contributed by atoms with Gasteiger partial charge in [-0.25, -0.2) is 0 Å². The van der Waals surface area contributed by atoms with Gasteiger partial charge in [0.05, 0.1) is 11.4 Å². The molecule has 5 rings (SSSR count). The fourth-order valence-electron chi connectivity index (χ4n) is 3.72. The lowest BCUT2D eigenvalue weighted by Crippen LogP contribution is -2.25. The molecule has 1 aromatic heterocycles. The van der Waals surface area contributed by atoms with Crippen LogP contribution in [0.3, 0.4) is 0 Å². The Morgan fingerprint density at radius 3 is 1.75 bits per heavy atom. The van der Waals surface area contributed by atoms with Gasteiger partial charge in [-0.3, -0.25) is 14.5 Å². The highest BCUT2D eigenvalue weighted by molar-refractivity contribution is 6.54. The zero-order valence-corrected chi connectivity index (χ0v) is 14.9. The monoisotopic (exact) mass is 364 g/mol. The Hall–Kier alpha value is -3.92. The molecule has 0 unspecified atom stereocenters. The van der Waals surface area contributed by atoms with Gasteiger partial charge in [-0.2, -0.15) is 0 Å². The van der Waals surface area contributed by atoms with Crippen LogP contribution in [0.15, 0.2) is 91.0 Å². The summed E-state index contributed by atoms with van der Waals surface area (Å²) in [5, 5.41) is 0. The van der Waals surface area contributed by atoms with E-state index in [2.05, 4.69) is 4.98 Å². The number of hydrogen-bond donors (Lipinski definition) is 1. The highest BCUT2D eigenvalue weighted by atomic mass is 16.2. The molecule has 1 aliphatic rings. The highest BCUT2D eigenvalue weighted by Crippen LogP contribution is 2.47. The van der Waals surface area contributed by atoms with Crippen molar-refractivity contribution in [2.24, 2.45) is 0 Å². The van der Waals surface area contributed by atoms with Gasteiger partial charge in [-0.15, -0.1) is 0 Å². The Kier molecular flexibility index (Phi) is 3.69. The number of Topliss-reactive ketones (excluding diaryl/α,β-unsaturated/α-hetero) is 1. The first kappa shape index (κ1) is 16.3. The van der Waals surface area contributed by atoms with E-state index in [0.717, 1.165) is 22.4 Å². The second kappa shape index (κ2) is 6.35. The molecule has 134 valence electrons. The lowest BCUT2D eigenvalue weighted by molar-refractivity contribution is -0.113. The van der Waals surface area contributed by atoms with E-state index in [1.165, 1.54) is 4.90 Å². The molecule has 0 saturated carbocycles. The van der Waals surface area contributed by atoms with Gasteiger partial charge >= 0.3 is 5.91 Å². The number of anilines is 2. The molecule has 0 bridgehead atoms. The van der Waals surface area contributed by atoms with E-state index in [1.54, 1.807) is 0 Å². The van der Waals surface area contributed by atoms with Crippen molar-refractivity contribution in [2.45, 2.75) is 0 Å². The van der Waals surface area contributed by atoms with Crippen molar-refractivity contribution in [1.29, 1.82) is 0 Å². The summed E-state index contributed by atoms with van der Waals surface area (Å²) in [6, 6.07) is 29.0. The number of ketones is 1. The first-order chi connectivity index (χ1) is 13.8. The van der Waals surface area contributed by atoms with Crippen molar-refractivity contribution in [2.75, 3.05) is 4.90 Å². The molecule has 0 spiro atoms. The second-order valence-electron chi connectivity index (χ2n) is 6.64. The number of aromatic amines is 1. The van der Waals surface area contributed by atoms with E-state index in [0.29, 0.717) is 17.1 Å². The maximum Gasteiger partial charge on any atom is 0.305 e. The number of nitrogens with one attached hydrogen (secondary N) is 1. The molecular weight excluding hydrogens is 348 g/mol. The maximum absolute atomic E-state index is 12.8. The second-order valence-corrected chi connectivity index (χ2v) is 6.64. The topological polar surface area (TPSA) is 53.2 Å². The van der Waals surface area contributed by atoms with Crippen molar-refractivity contribution >= 4 is 23.1 Å². The zero-order valence-electron chi connectivity index (χ0n) is 14.9. The van der Waals surface area contributed by atoms with Crippen molar-refractivity contribution in [3.63, 3.8) is 0 Å².